The van der Waals surface area contributed by atoms with Crippen molar-refractivity contribution in [3.8, 4) is 5.69 Å². The molecule has 2 saturated carbocycles. The van der Waals surface area contributed by atoms with Crippen molar-refractivity contribution >= 4 is 0 Å². The molecule has 3 nitrogen and oxygen atoms in total. The molecule has 0 unspecified atom stereocenters. The van der Waals surface area contributed by atoms with Gasteiger partial charge in [0.25, 0.3) is 0 Å². The highest BCUT2D eigenvalue weighted by Crippen LogP contribution is 2.41. The fourth-order valence-electron chi connectivity index (χ4n) is 3.46. The molecule has 2 aliphatic carbocycles. The van der Waals surface area contributed by atoms with E-state index in [-0.39, 0.29) is 5.54 Å². The Morgan fingerprint density at radius 2 is 1.95 bits per heavy atom. The van der Waals surface area contributed by atoms with E-state index in [1.54, 1.807) is 0 Å². The van der Waals surface area contributed by atoms with Crippen molar-refractivity contribution in [2.24, 2.45) is 5.73 Å². The van der Waals surface area contributed by atoms with Crippen LogP contribution in [-0.4, -0.2) is 9.78 Å². The molecular formula is C17H21N3. The minimum atomic E-state index is -0.122. The Balaban J connectivity index is 1.73. The van der Waals surface area contributed by atoms with Gasteiger partial charge in [0.1, 0.15) is 0 Å². The van der Waals surface area contributed by atoms with Crippen LogP contribution in [0.2, 0.25) is 0 Å². The monoisotopic (exact) mass is 267 g/mol. The maximum absolute atomic E-state index is 6.58. The van der Waals surface area contributed by atoms with Gasteiger partial charge < -0.3 is 5.73 Å². The summed E-state index contributed by atoms with van der Waals surface area (Å²) in [6, 6.07) is 10.8. The van der Waals surface area contributed by atoms with Crippen molar-refractivity contribution in [1.82, 2.24) is 9.78 Å². The van der Waals surface area contributed by atoms with E-state index in [0.717, 1.165) is 18.5 Å². The third-order valence-corrected chi connectivity index (χ3v) is 4.83. The number of hydrogen-bond donors (Lipinski definition) is 1. The van der Waals surface area contributed by atoms with E-state index >= 15 is 0 Å². The van der Waals surface area contributed by atoms with Crippen LogP contribution in [0.15, 0.2) is 36.5 Å². The molecule has 104 valence electrons. The van der Waals surface area contributed by atoms with Crippen LogP contribution in [0.4, 0.5) is 0 Å². The SMILES string of the molecule is NC1(c2cccc(-n3nccc3C3CC3)c2)CCCC1. The van der Waals surface area contributed by atoms with Gasteiger partial charge in [-0.05, 0) is 49.4 Å². The average molecular weight is 267 g/mol. The summed E-state index contributed by atoms with van der Waals surface area (Å²) in [4.78, 5) is 0. The predicted molar refractivity (Wildman–Crippen MR) is 79.9 cm³/mol. The van der Waals surface area contributed by atoms with E-state index in [4.69, 9.17) is 5.73 Å². The topological polar surface area (TPSA) is 43.8 Å². The van der Waals surface area contributed by atoms with Gasteiger partial charge in [-0.1, -0.05) is 25.0 Å². The molecule has 0 atom stereocenters. The molecule has 0 aliphatic heterocycles. The van der Waals surface area contributed by atoms with Gasteiger partial charge in [-0.25, -0.2) is 4.68 Å². The van der Waals surface area contributed by atoms with Gasteiger partial charge in [-0.2, -0.15) is 5.10 Å². The zero-order valence-electron chi connectivity index (χ0n) is 11.8. The average Bonchev–Trinajstić information content (AvgIpc) is 3.02. The molecular weight excluding hydrogens is 246 g/mol. The van der Waals surface area contributed by atoms with E-state index in [2.05, 4.69) is 40.1 Å². The predicted octanol–water partition coefficient (Wildman–Crippen LogP) is 3.48. The number of nitrogens with zero attached hydrogens (tertiary/aromatic N) is 2. The van der Waals surface area contributed by atoms with E-state index in [1.807, 2.05) is 6.20 Å². The minimum Gasteiger partial charge on any atom is -0.321 e. The van der Waals surface area contributed by atoms with E-state index in [0.29, 0.717) is 5.92 Å². The number of hydrogen-bond acceptors (Lipinski definition) is 2. The number of aromatic nitrogens is 2. The van der Waals surface area contributed by atoms with Crippen molar-refractivity contribution in [3.63, 3.8) is 0 Å². The van der Waals surface area contributed by atoms with Gasteiger partial charge in [-0.15, -0.1) is 0 Å². The first kappa shape index (κ1) is 12.2. The molecule has 2 N–H and O–H groups in total. The second-order valence-electron chi connectivity index (χ2n) is 6.36. The van der Waals surface area contributed by atoms with Gasteiger partial charge in [0.05, 0.1) is 5.69 Å². The molecule has 0 radical (unpaired) electrons. The van der Waals surface area contributed by atoms with Crippen molar-refractivity contribution in [1.29, 1.82) is 0 Å². The first-order chi connectivity index (χ1) is 9.76. The van der Waals surface area contributed by atoms with Crippen LogP contribution >= 0.6 is 0 Å². The van der Waals surface area contributed by atoms with Gasteiger partial charge >= 0.3 is 0 Å². The highest BCUT2D eigenvalue weighted by Gasteiger charge is 2.32. The fraction of sp³-hybridized carbons (Fsp3) is 0.471. The minimum absolute atomic E-state index is 0.122. The Labute approximate surface area is 119 Å². The smallest absolute Gasteiger partial charge is 0.0652 e. The van der Waals surface area contributed by atoms with Gasteiger partial charge in [0, 0.05) is 23.3 Å². The summed E-state index contributed by atoms with van der Waals surface area (Å²) in [5, 5.41) is 4.51. The number of rotatable bonds is 3. The highest BCUT2D eigenvalue weighted by atomic mass is 15.3. The van der Waals surface area contributed by atoms with Crippen LogP contribution in [0.3, 0.4) is 0 Å². The van der Waals surface area contributed by atoms with E-state index in [9.17, 15) is 0 Å². The Kier molecular flexibility index (Phi) is 2.71. The third kappa shape index (κ3) is 1.97. The molecule has 1 aromatic carbocycles. The molecule has 0 amide bonds. The van der Waals surface area contributed by atoms with Gasteiger partial charge in [0.15, 0.2) is 0 Å². The van der Waals surface area contributed by atoms with E-state index in [1.165, 1.54) is 36.9 Å². The molecule has 1 aromatic heterocycles. The summed E-state index contributed by atoms with van der Waals surface area (Å²) in [5.74, 6) is 0.708. The molecule has 2 aromatic rings. The molecule has 1 heterocycles. The Morgan fingerprint density at radius 1 is 1.15 bits per heavy atom. The fourth-order valence-corrected chi connectivity index (χ4v) is 3.46. The van der Waals surface area contributed by atoms with Crippen molar-refractivity contribution in [2.45, 2.75) is 50.0 Å². The number of benzene rings is 1. The summed E-state index contributed by atoms with van der Waals surface area (Å²) < 4.78 is 2.10. The maximum atomic E-state index is 6.58. The quantitative estimate of drug-likeness (QED) is 0.925. The molecule has 20 heavy (non-hydrogen) atoms. The maximum Gasteiger partial charge on any atom is 0.0652 e. The Hall–Kier alpha value is -1.61. The lowest BCUT2D eigenvalue weighted by Crippen LogP contribution is -2.33. The summed E-state index contributed by atoms with van der Waals surface area (Å²) >= 11 is 0. The lowest BCUT2D eigenvalue weighted by molar-refractivity contribution is 0.461. The second kappa shape index (κ2) is 4.45. The molecule has 3 heteroatoms. The van der Waals surface area contributed by atoms with Crippen LogP contribution in [-0.2, 0) is 5.54 Å². The van der Waals surface area contributed by atoms with Crippen LogP contribution in [0, 0.1) is 0 Å². The Bertz CT molecular complexity index is 619. The zero-order chi connectivity index (χ0) is 13.6. The zero-order valence-corrected chi connectivity index (χ0v) is 11.8. The third-order valence-electron chi connectivity index (χ3n) is 4.83. The standard InChI is InChI=1S/C17H21N3/c18-17(9-1-2-10-17)14-4-3-5-15(12-14)20-16(8-11-19-20)13-6-7-13/h3-5,8,11-13H,1-2,6-7,9-10,18H2. The summed E-state index contributed by atoms with van der Waals surface area (Å²) in [5.41, 5.74) is 10.2. The van der Waals surface area contributed by atoms with Crippen molar-refractivity contribution < 1.29 is 0 Å². The molecule has 4 rings (SSSR count). The molecule has 2 fully saturated rings. The van der Waals surface area contributed by atoms with Crippen LogP contribution in [0.1, 0.15) is 55.7 Å². The summed E-state index contributed by atoms with van der Waals surface area (Å²) in [7, 11) is 0. The first-order valence-electron chi connectivity index (χ1n) is 7.70. The van der Waals surface area contributed by atoms with Crippen LogP contribution < -0.4 is 5.73 Å². The molecule has 0 saturated heterocycles. The largest absolute Gasteiger partial charge is 0.321 e. The molecule has 2 aliphatic rings. The van der Waals surface area contributed by atoms with Crippen LogP contribution in [0.25, 0.3) is 5.69 Å². The molecule has 0 bridgehead atoms. The Morgan fingerprint density at radius 3 is 2.70 bits per heavy atom. The normalized spacial score (nSPS) is 21.2. The van der Waals surface area contributed by atoms with E-state index < -0.39 is 0 Å². The highest BCUT2D eigenvalue weighted by molar-refractivity contribution is 5.40. The van der Waals surface area contributed by atoms with Crippen molar-refractivity contribution in [3.05, 3.63) is 47.8 Å². The summed E-state index contributed by atoms with van der Waals surface area (Å²) in [6.07, 6.45) is 9.20. The molecule has 0 spiro atoms. The number of nitrogens with two attached hydrogens (primary N) is 1. The first-order valence-corrected chi connectivity index (χ1v) is 7.70. The van der Waals surface area contributed by atoms with Gasteiger partial charge in [-0.3, -0.25) is 0 Å². The summed E-state index contributed by atoms with van der Waals surface area (Å²) in [6.45, 7) is 0. The van der Waals surface area contributed by atoms with Crippen LogP contribution in [0.5, 0.6) is 0 Å². The lowest BCUT2D eigenvalue weighted by Gasteiger charge is -2.24. The van der Waals surface area contributed by atoms with Crippen molar-refractivity contribution in [2.75, 3.05) is 0 Å². The van der Waals surface area contributed by atoms with Gasteiger partial charge in [0.2, 0.25) is 0 Å². The second-order valence-corrected chi connectivity index (χ2v) is 6.36. The lowest BCUT2D eigenvalue weighted by atomic mass is 9.89.